The van der Waals surface area contributed by atoms with Crippen molar-refractivity contribution in [2.75, 3.05) is 0 Å². The summed E-state index contributed by atoms with van der Waals surface area (Å²) >= 11 is 3.33. The van der Waals surface area contributed by atoms with E-state index < -0.39 is 6.10 Å². The lowest BCUT2D eigenvalue weighted by Crippen LogP contribution is -2.35. The quantitative estimate of drug-likeness (QED) is 0.892. The molecule has 1 N–H and O–H groups in total. The second-order valence-electron chi connectivity index (χ2n) is 4.56. The van der Waals surface area contributed by atoms with Crippen LogP contribution in [0.25, 0.3) is 0 Å². The summed E-state index contributed by atoms with van der Waals surface area (Å²) in [5.41, 5.74) is 0.708. The highest BCUT2D eigenvalue weighted by atomic mass is 79.9. The summed E-state index contributed by atoms with van der Waals surface area (Å²) in [7, 11) is 0. The van der Waals surface area contributed by atoms with Crippen LogP contribution in [0.2, 0.25) is 0 Å². The number of benzene rings is 2. The third kappa shape index (κ3) is 4.86. The van der Waals surface area contributed by atoms with E-state index in [0.29, 0.717) is 11.3 Å². The van der Waals surface area contributed by atoms with Crippen LogP contribution in [0.4, 0.5) is 4.39 Å². The summed E-state index contributed by atoms with van der Waals surface area (Å²) in [6.07, 6.45) is -0.625. The first-order valence-electron chi connectivity index (χ1n) is 6.49. The summed E-state index contributed by atoms with van der Waals surface area (Å²) in [6, 6.07) is 13.4. The molecular formula is C16H15BrFNO2. The van der Waals surface area contributed by atoms with Gasteiger partial charge in [-0.25, -0.2) is 4.39 Å². The summed E-state index contributed by atoms with van der Waals surface area (Å²) < 4.78 is 19.5. The molecule has 2 aromatic carbocycles. The molecule has 1 atom stereocenters. The van der Waals surface area contributed by atoms with Crippen LogP contribution in [0.5, 0.6) is 5.75 Å². The average Bonchev–Trinajstić information content (AvgIpc) is 2.47. The molecule has 0 aliphatic rings. The zero-order valence-electron chi connectivity index (χ0n) is 11.5. The number of amides is 1. The Morgan fingerprint density at radius 3 is 2.67 bits per heavy atom. The highest BCUT2D eigenvalue weighted by Crippen LogP contribution is 2.17. The van der Waals surface area contributed by atoms with Crippen molar-refractivity contribution in [3.05, 3.63) is 64.4 Å². The van der Waals surface area contributed by atoms with Gasteiger partial charge >= 0.3 is 0 Å². The van der Waals surface area contributed by atoms with E-state index in [-0.39, 0.29) is 18.3 Å². The molecule has 0 heterocycles. The van der Waals surface area contributed by atoms with Crippen LogP contribution in [0, 0.1) is 5.82 Å². The van der Waals surface area contributed by atoms with Crippen molar-refractivity contribution in [1.82, 2.24) is 5.32 Å². The van der Waals surface area contributed by atoms with E-state index in [0.717, 1.165) is 4.47 Å². The molecule has 110 valence electrons. The van der Waals surface area contributed by atoms with E-state index in [2.05, 4.69) is 21.2 Å². The van der Waals surface area contributed by atoms with Crippen molar-refractivity contribution in [3.8, 4) is 5.75 Å². The van der Waals surface area contributed by atoms with E-state index in [9.17, 15) is 9.18 Å². The predicted molar refractivity (Wildman–Crippen MR) is 82.5 cm³/mol. The van der Waals surface area contributed by atoms with E-state index >= 15 is 0 Å². The van der Waals surface area contributed by atoms with Gasteiger partial charge in [0.1, 0.15) is 11.6 Å². The van der Waals surface area contributed by atoms with Crippen LogP contribution in [0.15, 0.2) is 53.0 Å². The van der Waals surface area contributed by atoms with E-state index in [1.54, 1.807) is 31.2 Å². The van der Waals surface area contributed by atoms with Gasteiger partial charge < -0.3 is 10.1 Å². The lowest BCUT2D eigenvalue weighted by atomic mass is 10.2. The minimum atomic E-state index is -0.625. The average molecular weight is 352 g/mol. The van der Waals surface area contributed by atoms with Crippen LogP contribution in [0.1, 0.15) is 12.5 Å². The Hall–Kier alpha value is -1.88. The molecule has 0 aliphatic heterocycles. The zero-order valence-corrected chi connectivity index (χ0v) is 13.1. The Morgan fingerprint density at radius 1 is 1.29 bits per heavy atom. The van der Waals surface area contributed by atoms with Gasteiger partial charge in [-0.1, -0.05) is 28.1 Å². The van der Waals surface area contributed by atoms with Gasteiger partial charge in [-0.2, -0.15) is 0 Å². The Labute approximate surface area is 131 Å². The molecular weight excluding hydrogens is 337 g/mol. The largest absolute Gasteiger partial charge is 0.481 e. The summed E-state index contributed by atoms with van der Waals surface area (Å²) in [4.78, 5) is 11.9. The predicted octanol–water partition coefficient (Wildman–Crippen LogP) is 3.67. The Morgan fingerprint density at radius 2 is 2.00 bits per heavy atom. The lowest BCUT2D eigenvalue weighted by molar-refractivity contribution is -0.127. The molecule has 0 bridgehead atoms. The molecule has 3 nitrogen and oxygen atoms in total. The van der Waals surface area contributed by atoms with Gasteiger partial charge in [-0.15, -0.1) is 0 Å². The Balaban J connectivity index is 1.86. The Kier molecular flexibility index (Phi) is 5.33. The van der Waals surface area contributed by atoms with Crippen molar-refractivity contribution >= 4 is 21.8 Å². The topological polar surface area (TPSA) is 38.3 Å². The number of rotatable bonds is 5. The fourth-order valence-electron chi connectivity index (χ4n) is 1.75. The monoisotopic (exact) mass is 351 g/mol. The first-order valence-corrected chi connectivity index (χ1v) is 7.28. The normalized spacial score (nSPS) is 11.8. The first kappa shape index (κ1) is 15.5. The van der Waals surface area contributed by atoms with Crippen molar-refractivity contribution < 1.29 is 13.9 Å². The molecule has 5 heteroatoms. The van der Waals surface area contributed by atoms with Gasteiger partial charge in [0.25, 0.3) is 5.91 Å². The highest BCUT2D eigenvalue weighted by Gasteiger charge is 2.14. The summed E-state index contributed by atoms with van der Waals surface area (Å²) in [5.74, 6) is 0.0506. The molecule has 0 fully saturated rings. The van der Waals surface area contributed by atoms with Crippen LogP contribution in [-0.4, -0.2) is 12.0 Å². The van der Waals surface area contributed by atoms with Crippen molar-refractivity contribution in [1.29, 1.82) is 0 Å². The number of ether oxygens (including phenoxy) is 1. The van der Waals surface area contributed by atoms with Crippen LogP contribution < -0.4 is 10.1 Å². The maximum Gasteiger partial charge on any atom is 0.261 e. The van der Waals surface area contributed by atoms with Crippen LogP contribution in [0.3, 0.4) is 0 Å². The number of halogens is 2. The van der Waals surface area contributed by atoms with Crippen molar-refractivity contribution in [2.45, 2.75) is 19.6 Å². The molecule has 0 aromatic heterocycles. The standard InChI is InChI=1S/C16H15BrFNO2/c1-11(21-15-7-5-13(17)6-8-15)16(20)19-10-12-3-2-4-14(18)9-12/h2-9,11H,10H2,1H3,(H,19,20). The molecule has 2 aromatic rings. The smallest absolute Gasteiger partial charge is 0.261 e. The minimum Gasteiger partial charge on any atom is -0.481 e. The summed E-state index contributed by atoms with van der Waals surface area (Å²) in [6.45, 7) is 1.94. The van der Waals surface area contributed by atoms with Gasteiger partial charge in [0.15, 0.2) is 6.10 Å². The maximum absolute atomic E-state index is 13.0. The van der Waals surface area contributed by atoms with Gasteiger partial charge in [0.2, 0.25) is 0 Å². The molecule has 1 amide bonds. The number of carbonyl (C=O) groups excluding carboxylic acids is 1. The van der Waals surface area contributed by atoms with E-state index in [4.69, 9.17) is 4.74 Å². The zero-order chi connectivity index (χ0) is 15.2. The molecule has 1 unspecified atom stereocenters. The van der Waals surface area contributed by atoms with E-state index in [1.807, 2.05) is 12.1 Å². The van der Waals surface area contributed by atoms with Crippen molar-refractivity contribution in [3.63, 3.8) is 0 Å². The molecule has 0 saturated heterocycles. The highest BCUT2D eigenvalue weighted by molar-refractivity contribution is 9.10. The fraction of sp³-hybridized carbons (Fsp3) is 0.188. The third-order valence-corrected chi connectivity index (χ3v) is 3.38. The lowest BCUT2D eigenvalue weighted by Gasteiger charge is -2.14. The summed E-state index contributed by atoms with van der Waals surface area (Å²) in [5, 5.41) is 2.72. The van der Waals surface area contributed by atoms with E-state index in [1.165, 1.54) is 12.1 Å². The number of hydrogen-bond donors (Lipinski definition) is 1. The SMILES string of the molecule is CC(Oc1ccc(Br)cc1)C(=O)NCc1cccc(F)c1. The van der Waals surface area contributed by atoms with Crippen LogP contribution in [-0.2, 0) is 11.3 Å². The fourth-order valence-corrected chi connectivity index (χ4v) is 2.01. The molecule has 0 spiro atoms. The second kappa shape index (κ2) is 7.22. The number of carbonyl (C=O) groups is 1. The van der Waals surface area contributed by atoms with Crippen molar-refractivity contribution in [2.24, 2.45) is 0 Å². The molecule has 0 aliphatic carbocycles. The van der Waals surface area contributed by atoms with Crippen LogP contribution >= 0.6 is 15.9 Å². The number of hydrogen-bond acceptors (Lipinski definition) is 2. The maximum atomic E-state index is 13.0. The molecule has 0 saturated carbocycles. The minimum absolute atomic E-state index is 0.248. The molecule has 21 heavy (non-hydrogen) atoms. The van der Waals surface area contributed by atoms with Gasteiger partial charge in [-0.05, 0) is 48.9 Å². The first-order chi connectivity index (χ1) is 10.0. The Bertz CT molecular complexity index is 616. The second-order valence-corrected chi connectivity index (χ2v) is 5.48. The third-order valence-electron chi connectivity index (χ3n) is 2.85. The number of nitrogens with one attached hydrogen (secondary N) is 1. The van der Waals surface area contributed by atoms with Gasteiger partial charge in [-0.3, -0.25) is 4.79 Å². The van der Waals surface area contributed by atoms with Gasteiger partial charge in [0, 0.05) is 11.0 Å². The van der Waals surface area contributed by atoms with Gasteiger partial charge in [0.05, 0.1) is 0 Å². The molecule has 0 radical (unpaired) electrons. The molecule has 2 rings (SSSR count).